The molecule has 282 valence electrons. The van der Waals surface area contributed by atoms with Crippen LogP contribution in [0.15, 0.2) is 188 Å². The predicted molar refractivity (Wildman–Crippen MR) is 242 cm³/mol. The molecule has 5 heteroatoms. The van der Waals surface area contributed by atoms with Crippen molar-refractivity contribution in [3.8, 4) is 39.6 Å². The Kier molecular flexibility index (Phi) is 8.79. The number of benzene rings is 7. The summed E-state index contributed by atoms with van der Waals surface area (Å²) in [6, 6.07) is 64.7. The van der Waals surface area contributed by atoms with Crippen LogP contribution in [0.1, 0.15) is 26.3 Å². The summed E-state index contributed by atoms with van der Waals surface area (Å²) in [5.74, 6) is 2.46. The summed E-state index contributed by atoms with van der Waals surface area (Å²) in [4.78, 5) is 9.80. The molecule has 2 aromatic heterocycles. The van der Waals surface area contributed by atoms with Crippen LogP contribution in [0.3, 0.4) is 0 Å². The van der Waals surface area contributed by atoms with E-state index in [1.807, 2.05) is 12.3 Å². The maximum atomic E-state index is 6.72. The standard InChI is InChI=1S/C53H44N4O/c1-53(2,3)39-30-31-54-51(34-39)57-47-25-11-10-22-45(47)46-29-28-42(36-50(46)57)58-41-21-14-20-40(35-41)55-32-33-56(49-27-13-12-26-48(49)55)52-43(37-16-6-4-7-17-37)23-15-24-44(52)38-18-8-5-9-19-38/h4-31,34-36H,32-33H2,1-3H3. The third-order valence-electron chi connectivity index (χ3n) is 11.3. The van der Waals surface area contributed by atoms with Crippen molar-refractivity contribution in [3.63, 3.8) is 0 Å². The summed E-state index contributed by atoms with van der Waals surface area (Å²) < 4.78 is 8.98. The highest BCUT2D eigenvalue weighted by molar-refractivity contribution is 6.09. The van der Waals surface area contributed by atoms with E-state index < -0.39 is 0 Å². The number of para-hydroxylation sites is 4. The van der Waals surface area contributed by atoms with Crippen molar-refractivity contribution < 1.29 is 4.74 Å². The van der Waals surface area contributed by atoms with Crippen LogP contribution < -0.4 is 14.5 Å². The molecule has 0 bridgehead atoms. The molecule has 0 saturated carbocycles. The number of pyridine rings is 1. The molecule has 7 aromatic carbocycles. The fourth-order valence-electron chi connectivity index (χ4n) is 8.52. The first-order valence-corrected chi connectivity index (χ1v) is 20.1. The van der Waals surface area contributed by atoms with Crippen molar-refractivity contribution in [2.75, 3.05) is 22.9 Å². The highest BCUT2D eigenvalue weighted by atomic mass is 16.5. The van der Waals surface area contributed by atoms with Gasteiger partial charge in [0.25, 0.3) is 0 Å². The first kappa shape index (κ1) is 35.3. The number of ether oxygens (including phenoxy) is 1. The lowest BCUT2D eigenvalue weighted by molar-refractivity contribution is 0.483. The van der Waals surface area contributed by atoms with E-state index in [0.717, 1.165) is 52.8 Å². The van der Waals surface area contributed by atoms with Crippen LogP contribution in [-0.4, -0.2) is 22.6 Å². The molecular formula is C53H44N4O. The molecule has 9 aromatic rings. The monoisotopic (exact) mass is 752 g/mol. The number of anilines is 4. The van der Waals surface area contributed by atoms with Gasteiger partial charge in [-0.15, -0.1) is 0 Å². The van der Waals surface area contributed by atoms with Crippen LogP contribution in [0.25, 0.3) is 49.9 Å². The summed E-state index contributed by atoms with van der Waals surface area (Å²) in [5, 5.41) is 2.35. The SMILES string of the molecule is CC(C)(C)c1ccnc(-n2c3ccccc3c3ccc(Oc4cccc(N5CCN(c6c(-c7ccccc7)cccc6-c6ccccc6)c6ccccc65)c4)cc32)c1. The van der Waals surface area contributed by atoms with Crippen molar-refractivity contribution in [2.45, 2.75) is 26.2 Å². The van der Waals surface area contributed by atoms with Gasteiger partial charge in [0.1, 0.15) is 17.3 Å². The summed E-state index contributed by atoms with van der Waals surface area (Å²) >= 11 is 0. The summed E-state index contributed by atoms with van der Waals surface area (Å²) in [5.41, 5.74) is 12.9. The maximum absolute atomic E-state index is 6.72. The average Bonchev–Trinajstić information content (AvgIpc) is 3.60. The molecule has 5 nitrogen and oxygen atoms in total. The molecular weight excluding hydrogens is 709 g/mol. The van der Waals surface area contributed by atoms with Crippen LogP contribution in [-0.2, 0) is 5.41 Å². The molecule has 58 heavy (non-hydrogen) atoms. The number of rotatable bonds is 7. The second kappa shape index (κ2) is 14.4. The van der Waals surface area contributed by atoms with E-state index in [4.69, 9.17) is 9.72 Å². The Morgan fingerprint density at radius 2 is 1.10 bits per heavy atom. The molecule has 3 heterocycles. The molecule has 0 aliphatic carbocycles. The van der Waals surface area contributed by atoms with Gasteiger partial charge in [-0.3, -0.25) is 4.57 Å². The average molecular weight is 753 g/mol. The molecule has 0 fully saturated rings. The van der Waals surface area contributed by atoms with Crippen LogP contribution >= 0.6 is 0 Å². The number of fused-ring (bicyclic) bond motifs is 4. The van der Waals surface area contributed by atoms with Gasteiger partial charge in [-0.05, 0) is 76.7 Å². The van der Waals surface area contributed by atoms with Crippen molar-refractivity contribution in [1.82, 2.24) is 9.55 Å². The molecule has 0 amide bonds. The Bertz CT molecular complexity index is 2870. The molecule has 1 aliphatic heterocycles. The fraction of sp³-hybridized carbons (Fsp3) is 0.113. The van der Waals surface area contributed by atoms with E-state index in [9.17, 15) is 0 Å². The normalized spacial score (nSPS) is 12.9. The van der Waals surface area contributed by atoms with E-state index in [1.54, 1.807) is 0 Å². The molecule has 1 aliphatic rings. The highest BCUT2D eigenvalue weighted by Crippen LogP contribution is 2.48. The highest BCUT2D eigenvalue weighted by Gasteiger charge is 2.28. The van der Waals surface area contributed by atoms with Gasteiger partial charge < -0.3 is 14.5 Å². The fourth-order valence-corrected chi connectivity index (χ4v) is 8.52. The third-order valence-corrected chi connectivity index (χ3v) is 11.3. The number of hydrogen-bond acceptors (Lipinski definition) is 4. The van der Waals surface area contributed by atoms with Crippen LogP contribution in [0.2, 0.25) is 0 Å². The van der Waals surface area contributed by atoms with Crippen LogP contribution in [0, 0.1) is 0 Å². The zero-order chi connectivity index (χ0) is 39.2. The lowest BCUT2D eigenvalue weighted by atomic mass is 9.88. The molecule has 0 radical (unpaired) electrons. The summed E-state index contributed by atoms with van der Waals surface area (Å²) in [6.45, 7) is 8.32. The van der Waals surface area contributed by atoms with Gasteiger partial charge in [0, 0.05) is 59.0 Å². The van der Waals surface area contributed by atoms with Gasteiger partial charge >= 0.3 is 0 Å². The minimum Gasteiger partial charge on any atom is -0.457 e. The Morgan fingerprint density at radius 3 is 1.83 bits per heavy atom. The van der Waals surface area contributed by atoms with Gasteiger partial charge in [0.05, 0.1) is 28.1 Å². The zero-order valence-corrected chi connectivity index (χ0v) is 33.0. The largest absolute Gasteiger partial charge is 0.457 e. The van der Waals surface area contributed by atoms with Gasteiger partial charge in [0.15, 0.2) is 0 Å². The second-order valence-corrected chi connectivity index (χ2v) is 16.0. The van der Waals surface area contributed by atoms with E-state index in [2.05, 4.69) is 211 Å². The minimum atomic E-state index is 0.000643. The molecule has 0 saturated heterocycles. The van der Waals surface area contributed by atoms with Crippen molar-refractivity contribution in [2.24, 2.45) is 0 Å². The summed E-state index contributed by atoms with van der Waals surface area (Å²) in [7, 11) is 0. The Labute approximate surface area is 340 Å². The third kappa shape index (κ3) is 6.35. The second-order valence-electron chi connectivity index (χ2n) is 16.0. The first-order chi connectivity index (χ1) is 28.4. The van der Waals surface area contributed by atoms with Crippen molar-refractivity contribution in [1.29, 1.82) is 0 Å². The van der Waals surface area contributed by atoms with E-state index in [-0.39, 0.29) is 5.41 Å². The van der Waals surface area contributed by atoms with E-state index in [1.165, 1.54) is 50.0 Å². The van der Waals surface area contributed by atoms with E-state index in [0.29, 0.717) is 0 Å². The van der Waals surface area contributed by atoms with Gasteiger partial charge in [-0.1, -0.05) is 136 Å². The topological polar surface area (TPSA) is 33.5 Å². The smallest absolute Gasteiger partial charge is 0.137 e. The zero-order valence-electron chi connectivity index (χ0n) is 33.0. The van der Waals surface area contributed by atoms with Crippen LogP contribution in [0.4, 0.5) is 22.7 Å². The summed E-state index contributed by atoms with van der Waals surface area (Å²) in [6.07, 6.45) is 1.92. The molecule has 0 unspecified atom stereocenters. The van der Waals surface area contributed by atoms with Gasteiger partial charge in [-0.2, -0.15) is 0 Å². The number of aromatic nitrogens is 2. The predicted octanol–water partition coefficient (Wildman–Crippen LogP) is 13.9. The van der Waals surface area contributed by atoms with E-state index >= 15 is 0 Å². The van der Waals surface area contributed by atoms with Crippen LogP contribution in [0.5, 0.6) is 11.5 Å². The maximum Gasteiger partial charge on any atom is 0.137 e. The first-order valence-electron chi connectivity index (χ1n) is 20.1. The Balaban J connectivity index is 1.02. The van der Waals surface area contributed by atoms with Gasteiger partial charge in [-0.25, -0.2) is 4.98 Å². The lowest BCUT2D eigenvalue weighted by Crippen LogP contribution is -2.36. The number of hydrogen-bond donors (Lipinski definition) is 0. The Hall–Kier alpha value is -7.11. The minimum absolute atomic E-state index is 0.000643. The molecule has 0 N–H and O–H groups in total. The van der Waals surface area contributed by atoms with Crippen molar-refractivity contribution in [3.05, 3.63) is 194 Å². The van der Waals surface area contributed by atoms with Gasteiger partial charge in [0.2, 0.25) is 0 Å². The van der Waals surface area contributed by atoms with Crippen molar-refractivity contribution >= 4 is 44.6 Å². The number of nitrogens with zero attached hydrogens (tertiary/aromatic N) is 4. The lowest BCUT2D eigenvalue weighted by Gasteiger charge is -2.40. The molecule has 10 rings (SSSR count). The molecule has 0 atom stereocenters. The molecule has 0 spiro atoms. The Morgan fingerprint density at radius 1 is 0.500 bits per heavy atom. The quantitative estimate of drug-likeness (QED) is 0.162.